The van der Waals surface area contributed by atoms with E-state index < -0.39 is 21.2 Å². The number of aliphatic hydroxyl groups excluding tert-OH is 1. The molecule has 2 atom stereocenters. The summed E-state index contributed by atoms with van der Waals surface area (Å²) >= 11 is 0. The lowest BCUT2D eigenvalue weighted by Gasteiger charge is -2.18. The van der Waals surface area contributed by atoms with E-state index in [4.69, 9.17) is 0 Å². The maximum atomic E-state index is 12.7. The molecular formula is C20H25NO4S. The fourth-order valence-electron chi connectivity index (χ4n) is 3.40. The van der Waals surface area contributed by atoms with Crippen LogP contribution in [-0.2, 0) is 16.3 Å². The molecule has 26 heavy (non-hydrogen) atoms. The minimum Gasteiger partial charge on any atom is -0.508 e. The predicted octanol–water partition coefficient (Wildman–Crippen LogP) is 2.23. The Balaban J connectivity index is 1.51. The van der Waals surface area contributed by atoms with Crippen molar-refractivity contribution in [2.75, 3.05) is 19.6 Å². The molecule has 140 valence electrons. The summed E-state index contributed by atoms with van der Waals surface area (Å²) in [5.74, 6) is 0.0596. The zero-order chi connectivity index (χ0) is 18.6. The number of sulfone groups is 1. The highest BCUT2D eigenvalue weighted by atomic mass is 32.2. The molecule has 0 aromatic heterocycles. The second-order valence-corrected chi connectivity index (χ2v) is 9.11. The normalized spacial score (nSPS) is 19.5. The Bertz CT molecular complexity index is 805. The van der Waals surface area contributed by atoms with Crippen LogP contribution in [0.25, 0.3) is 0 Å². The maximum Gasteiger partial charge on any atom is 0.182 e. The van der Waals surface area contributed by atoms with Gasteiger partial charge in [-0.25, -0.2) is 8.42 Å². The Morgan fingerprint density at radius 2 is 1.77 bits per heavy atom. The van der Waals surface area contributed by atoms with Gasteiger partial charge >= 0.3 is 0 Å². The molecule has 0 saturated carbocycles. The number of phenols is 1. The van der Waals surface area contributed by atoms with Crippen molar-refractivity contribution in [2.24, 2.45) is 0 Å². The second-order valence-electron chi connectivity index (χ2n) is 6.88. The van der Waals surface area contributed by atoms with Crippen LogP contribution in [0, 0.1) is 0 Å². The molecule has 0 aliphatic carbocycles. The van der Waals surface area contributed by atoms with Gasteiger partial charge in [-0.2, -0.15) is 0 Å². The van der Waals surface area contributed by atoms with Crippen molar-refractivity contribution in [3.8, 4) is 5.75 Å². The van der Waals surface area contributed by atoms with E-state index in [0.29, 0.717) is 32.4 Å². The molecule has 1 heterocycles. The van der Waals surface area contributed by atoms with Gasteiger partial charge in [-0.05, 0) is 55.6 Å². The topological polar surface area (TPSA) is 77.8 Å². The summed E-state index contributed by atoms with van der Waals surface area (Å²) in [7, 11) is -3.39. The highest BCUT2D eigenvalue weighted by molar-refractivity contribution is 7.92. The lowest BCUT2D eigenvalue weighted by Crippen LogP contribution is -2.29. The molecule has 2 N–H and O–H groups in total. The first-order valence-corrected chi connectivity index (χ1v) is 10.5. The number of rotatable bonds is 7. The summed E-state index contributed by atoms with van der Waals surface area (Å²) in [5, 5.41) is 19.1. The van der Waals surface area contributed by atoms with Crippen molar-refractivity contribution in [3.63, 3.8) is 0 Å². The van der Waals surface area contributed by atoms with Gasteiger partial charge in [0.15, 0.2) is 9.84 Å². The quantitative estimate of drug-likeness (QED) is 0.776. The fourth-order valence-corrected chi connectivity index (χ4v) is 5.12. The highest BCUT2D eigenvalue weighted by Gasteiger charge is 2.34. The predicted molar refractivity (Wildman–Crippen MR) is 101 cm³/mol. The van der Waals surface area contributed by atoms with E-state index in [1.807, 2.05) is 30.3 Å². The Morgan fingerprint density at radius 3 is 2.46 bits per heavy atom. The smallest absolute Gasteiger partial charge is 0.182 e. The third kappa shape index (κ3) is 4.63. The molecule has 2 unspecified atom stereocenters. The van der Waals surface area contributed by atoms with Gasteiger partial charge < -0.3 is 15.1 Å². The van der Waals surface area contributed by atoms with E-state index in [1.54, 1.807) is 0 Å². The Hall–Kier alpha value is -1.89. The lowest BCUT2D eigenvalue weighted by atomic mass is 10.1. The summed E-state index contributed by atoms with van der Waals surface area (Å²) in [4.78, 5) is 2.36. The third-order valence-electron chi connectivity index (χ3n) is 4.93. The molecule has 6 heteroatoms. The molecule has 3 rings (SSSR count). The summed E-state index contributed by atoms with van der Waals surface area (Å²) in [6.45, 7) is 1.90. The van der Waals surface area contributed by atoms with Gasteiger partial charge in [-0.3, -0.25) is 0 Å². The van der Waals surface area contributed by atoms with Crippen LogP contribution >= 0.6 is 0 Å². The Kier molecular flexibility index (Phi) is 5.96. The molecule has 1 aliphatic heterocycles. The molecule has 0 spiro atoms. The largest absolute Gasteiger partial charge is 0.508 e. The van der Waals surface area contributed by atoms with Gasteiger partial charge in [-0.15, -0.1) is 0 Å². The number of hydrogen-bond donors (Lipinski definition) is 2. The van der Waals surface area contributed by atoms with Gasteiger partial charge in [-0.1, -0.05) is 30.3 Å². The Morgan fingerprint density at radius 1 is 1.08 bits per heavy atom. The summed E-state index contributed by atoms with van der Waals surface area (Å²) < 4.78 is 25.4. The standard InChI is InChI=1S/C20H25NO4S/c22-17-6-8-19(9-7-17)26(24,25)20-11-13-21(15-20)12-10-18(23)14-16-4-2-1-3-5-16/h1-9,18,20,22-23H,10-15H2. The molecule has 1 fully saturated rings. The van der Waals surface area contributed by atoms with E-state index in [9.17, 15) is 18.6 Å². The number of aromatic hydroxyl groups is 1. The van der Waals surface area contributed by atoms with Crippen molar-refractivity contribution in [3.05, 3.63) is 60.2 Å². The van der Waals surface area contributed by atoms with E-state index in [2.05, 4.69) is 4.90 Å². The monoisotopic (exact) mass is 375 g/mol. The van der Waals surface area contributed by atoms with Crippen LogP contribution in [0.1, 0.15) is 18.4 Å². The SMILES string of the molecule is O=S(=O)(c1ccc(O)cc1)C1CCN(CCC(O)Cc2ccccc2)C1. The number of nitrogens with zero attached hydrogens (tertiary/aromatic N) is 1. The number of phenolic OH excluding ortho intramolecular Hbond substituents is 1. The average Bonchev–Trinajstić information content (AvgIpc) is 3.11. The minimum atomic E-state index is -3.39. The summed E-state index contributed by atoms with van der Waals surface area (Å²) in [6, 6.07) is 15.6. The number of benzene rings is 2. The molecule has 1 aliphatic rings. The third-order valence-corrected chi connectivity index (χ3v) is 7.12. The lowest BCUT2D eigenvalue weighted by molar-refractivity contribution is 0.147. The molecular weight excluding hydrogens is 350 g/mol. The highest BCUT2D eigenvalue weighted by Crippen LogP contribution is 2.25. The molecule has 0 bridgehead atoms. The van der Waals surface area contributed by atoms with E-state index in [0.717, 1.165) is 12.1 Å². The van der Waals surface area contributed by atoms with Crippen molar-refractivity contribution in [2.45, 2.75) is 35.5 Å². The number of aliphatic hydroxyl groups is 1. The van der Waals surface area contributed by atoms with Gasteiger partial charge in [0, 0.05) is 13.1 Å². The van der Waals surface area contributed by atoms with Crippen LogP contribution < -0.4 is 0 Å². The molecule has 5 nitrogen and oxygen atoms in total. The Labute approximate surface area is 154 Å². The maximum absolute atomic E-state index is 12.7. The summed E-state index contributed by atoms with van der Waals surface area (Å²) in [6.07, 6.45) is 1.41. The van der Waals surface area contributed by atoms with Crippen molar-refractivity contribution >= 4 is 9.84 Å². The van der Waals surface area contributed by atoms with Crippen LogP contribution in [0.2, 0.25) is 0 Å². The van der Waals surface area contributed by atoms with Gasteiger partial charge in [0.25, 0.3) is 0 Å². The second kappa shape index (κ2) is 8.20. The first kappa shape index (κ1) is 18.9. The van der Waals surface area contributed by atoms with Crippen LogP contribution in [0.3, 0.4) is 0 Å². The average molecular weight is 375 g/mol. The van der Waals surface area contributed by atoms with Crippen LogP contribution in [0.15, 0.2) is 59.5 Å². The van der Waals surface area contributed by atoms with Crippen LogP contribution in [0.5, 0.6) is 5.75 Å². The van der Waals surface area contributed by atoms with Gasteiger partial charge in [0.1, 0.15) is 5.75 Å². The van der Waals surface area contributed by atoms with Crippen molar-refractivity contribution in [1.82, 2.24) is 4.90 Å². The van der Waals surface area contributed by atoms with Gasteiger partial charge in [0.05, 0.1) is 16.2 Å². The molecule has 2 aromatic rings. The zero-order valence-electron chi connectivity index (χ0n) is 14.7. The fraction of sp³-hybridized carbons (Fsp3) is 0.400. The first-order valence-electron chi connectivity index (χ1n) is 8.92. The van der Waals surface area contributed by atoms with E-state index >= 15 is 0 Å². The van der Waals surface area contributed by atoms with E-state index in [-0.39, 0.29) is 10.6 Å². The molecule has 2 aromatic carbocycles. The molecule has 0 amide bonds. The minimum absolute atomic E-state index is 0.0596. The van der Waals surface area contributed by atoms with Gasteiger partial charge in [0.2, 0.25) is 0 Å². The van der Waals surface area contributed by atoms with Crippen molar-refractivity contribution in [1.29, 1.82) is 0 Å². The first-order chi connectivity index (χ1) is 12.4. The number of likely N-dealkylation sites (tertiary alicyclic amines) is 1. The van der Waals surface area contributed by atoms with Crippen LogP contribution in [0.4, 0.5) is 0 Å². The molecule has 1 saturated heterocycles. The zero-order valence-corrected chi connectivity index (χ0v) is 15.5. The van der Waals surface area contributed by atoms with Crippen molar-refractivity contribution < 1.29 is 18.6 Å². The van der Waals surface area contributed by atoms with Crippen LogP contribution in [-0.4, -0.2) is 54.5 Å². The summed E-state index contributed by atoms with van der Waals surface area (Å²) in [5.41, 5.74) is 1.11. The molecule has 0 radical (unpaired) electrons. The number of hydrogen-bond acceptors (Lipinski definition) is 5. The van der Waals surface area contributed by atoms with E-state index in [1.165, 1.54) is 24.3 Å².